The molecule has 1 aromatic heterocycles. The molecule has 6 heteroatoms. The molecule has 0 saturated carbocycles. The highest BCUT2D eigenvalue weighted by Crippen LogP contribution is 2.09. The Balaban J connectivity index is 1.60. The first kappa shape index (κ1) is 15.9. The summed E-state index contributed by atoms with van der Waals surface area (Å²) >= 11 is 0. The fraction of sp³-hybridized carbons (Fsp3) is 0.111. The Hall–Kier alpha value is -3.02. The van der Waals surface area contributed by atoms with Crippen LogP contribution in [0, 0.1) is 11.6 Å². The minimum atomic E-state index is -0.341. The number of nitrogens with zero attached hydrogens (tertiary/aromatic N) is 2. The quantitative estimate of drug-likeness (QED) is 0.783. The number of halogens is 2. The molecular weight excluding hydrogens is 312 g/mol. The molecule has 1 N–H and O–H groups in total. The summed E-state index contributed by atoms with van der Waals surface area (Å²) in [5, 5.41) is 6.87. The fourth-order valence-corrected chi connectivity index (χ4v) is 2.29. The van der Waals surface area contributed by atoms with Gasteiger partial charge in [0.25, 0.3) is 5.91 Å². The number of rotatable bonds is 5. The third-order valence-electron chi connectivity index (χ3n) is 3.55. The van der Waals surface area contributed by atoms with Gasteiger partial charge in [0.2, 0.25) is 0 Å². The second-order valence-electron chi connectivity index (χ2n) is 5.22. The normalized spacial score (nSPS) is 10.6. The zero-order valence-corrected chi connectivity index (χ0v) is 12.7. The van der Waals surface area contributed by atoms with Crippen LogP contribution in [-0.2, 0) is 6.42 Å². The summed E-state index contributed by atoms with van der Waals surface area (Å²) in [5.41, 5.74) is 1.45. The first-order valence-electron chi connectivity index (χ1n) is 7.47. The highest BCUT2D eigenvalue weighted by Gasteiger charge is 2.10. The van der Waals surface area contributed by atoms with Crippen molar-refractivity contribution in [3.8, 4) is 5.69 Å². The fourth-order valence-electron chi connectivity index (χ4n) is 2.29. The molecule has 3 rings (SSSR count). The van der Waals surface area contributed by atoms with Gasteiger partial charge in [-0.1, -0.05) is 18.2 Å². The number of aromatic nitrogens is 2. The van der Waals surface area contributed by atoms with Crippen molar-refractivity contribution in [3.05, 3.63) is 83.7 Å². The van der Waals surface area contributed by atoms with Crippen molar-refractivity contribution >= 4 is 5.91 Å². The highest BCUT2D eigenvalue weighted by molar-refractivity contribution is 5.92. The van der Waals surface area contributed by atoms with Gasteiger partial charge < -0.3 is 5.32 Å². The summed E-state index contributed by atoms with van der Waals surface area (Å²) in [6, 6.07) is 13.8. The van der Waals surface area contributed by atoms with Crippen LogP contribution in [0.5, 0.6) is 0 Å². The maximum absolute atomic E-state index is 13.5. The van der Waals surface area contributed by atoms with Crippen molar-refractivity contribution in [3.63, 3.8) is 0 Å². The molecule has 2 aromatic carbocycles. The van der Waals surface area contributed by atoms with Crippen LogP contribution in [0.2, 0.25) is 0 Å². The van der Waals surface area contributed by atoms with Gasteiger partial charge in [0.1, 0.15) is 11.6 Å². The highest BCUT2D eigenvalue weighted by atomic mass is 19.1. The van der Waals surface area contributed by atoms with E-state index in [0.29, 0.717) is 24.2 Å². The Morgan fingerprint density at radius 3 is 2.54 bits per heavy atom. The van der Waals surface area contributed by atoms with Crippen molar-refractivity contribution in [1.29, 1.82) is 0 Å². The van der Waals surface area contributed by atoms with Gasteiger partial charge in [0.15, 0.2) is 5.69 Å². The Labute approximate surface area is 137 Å². The van der Waals surface area contributed by atoms with Gasteiger partial charge in [-0.05, 0) is 48.4 Å². The van der Waals surface area contributed by atoms with Crippen molar-refractivity contribution in [1.82, 2.24) is 15.1 Å². The minimum absolute atomic E-state index is 0.243. The van der Waals surface area contributed by atoms with Crippen molar-refractivity contribution in [2.24, 2.45) is 0 Å². The third kappa shape index (κ3) is 3.65. The standard InChI is InChI=1S/C18H15F2N3O/c19-14-5-7-15(8-6-14)23-12-10-17(22-23)18(24)21-11-9-13-3-1-2-4-16(13)20/h1-8,10,12H,9,11H2,(H,21,24). The molecule has 4 nitrogen and oxygen atoms in total. The van der Waals surface area contributed by atoms with Gasteiger partial charge in [-0.3, -0.25) is 4.79 Å². The molecule has 0 saturated heterocycles. The monoisotopic (exact) mass is 327 g/mol. The lowest BCUT2D eigenvalue weighted by Crippen LogP contribution is -2.26. The zero-order chi connectivity index (χ0) is 16.9. The van der Waals surface area contributed by atoms with Gasteiger partial charge in [-0.15, -0.1) is 0 Å². The molecule has 0 aliphatic carbocycles. The minimum Gasteiger partial charge on any atom is -0.350 e. The SMILES string of the molecule is O=C(NCCc1ccccc1F)c1ccn(-c2ccc(F)cc2)n1. The number of nitrogens with one attached hydrogen (secondary N) is 1. The van der Waals surface area contributed by atoms with Crippen LogP contribution in [-0.4, -0.2) is 22.2 Å². The lowest BCUT2D eigenvalue weighted by atomic mass is 10.1. The molecule has 0 aliphatic heterocycles. The van der Waals surface area contributed by atoms with E-state index in [0.717, 1.165) is 0 Å². The van der Waals surface area contributed by atoms with Crippen LogP contribution in [0.15, 0.2) is 60.8 Å². The number of carbonyl (C=O) groups excluding carboxylic acids is 1. The molecule has 0 spiro atoms. The Kier molecular flexibility index (Phi) is 4.65. The van der Waals surface area contributed by atoms with Crippen LogP contribution < -0.4 is 5.32 Å². The van der Waals surface area contributed by atoms with Crippen LogP contribution >= 0.6 is 0 Å². The van der Waals surface area contributed by atoms with Crippen molar-refractivity contribution in [2.45, 2.75) is 6.42 Å². The second-order valence-corrected chi connectivity index (χ2v) is 5.22. The first-order chi connectivity index (χ1) is 11.6. The lowest BCUT2D eigenvalue weighted by molar-refractivity contribution is 0.0948. The molecule has 24 heavy (non-hydrogen) atoms. The summed E-state index contributed by atoms with van der Waals surface area (Å²) in [5.74, 6) is -0.962. The largest absolute Gasteiger partial charge is 0.350 e. The summed E-state index contributed by atoms with van der Waals surface area (Å²) in [6.45, 7) is 0.309. The van der Waals surface area contributed by atoms with Crippen LogP contribution in [0.4, 0.5) is 8.78 Å². The Bertz CT molecular complexity index is 843. The lowest BCUT2D eigenvalue weighted by Gasteiger charge is -2.05. The number of carbonyl (C=O) groups is 1. The molecule has 0 atom stereocenters. The Morgan fingerprint density at radius 1 is 1.04 bits per heavy atom. The Morgan fingerprint density at radius 2 is 1.79 bits per heavy atom. The summed E-state index contributed by atoms with van der Waals surface area (Å²) in [4.78, 5) is 12.1. The molecule has 1 amide bonds. The number of hydrogen-bond acceptors (Lipinski definition) is 2. The van der Waals surface area contributed by atoms with E-state index in [4.69, 9.17) is 0 Å². The summed E-state index contributed by atoms with van der Waals surface area (Å²) < 4.78 is 27.9. The number of benzene rings is 2. The van der Waals surface area contributed by atoms with E-state index in [-0.39, 0.29) is 23.2 Å². The summed E-state index contributed by atoms with van der Waals surface area (Å²) in [7, 11) is 0. The number of hydrogen-bond donors (Lipinski definition) is 1. The maximum Gasteiger partial charge on any atom is 0.271 e. The molecular formula is C18H15F2N3O. The van der Waals surface area contributed by atoms with E-state index in [1.807, 2.05) is 0 Å². The molecule has 0 bridgehead atoms. The van der Waals surface area contributed by atoms with Crippen molar-refractivity contribution < 1.29 is 13.6 Å². The van der Waals surface area contributed by atoms with Crippen LogP contribution in [0.1, 0.15) is 16.1 Å². The third-order valence-corrected chi connectivity index (χ3v) is 3.55. The number of amides is 1. The van der Waals surface area contributed by atoms with Gasteiger partial charge >= 0.3 is 0 Å². The molecule has 0 aliphatic rings. The average molecular weight is 327 g/mol. The van der Waals surface area contributed by atoms with Gasteiger partial charge in [-0.25, -0.2) is 13.5 Å². The van der Waals surface area contributed by atoms with Gasteiger partial charge in [-0.2, -0.15) is 5.10 Å². The molecule has 0 fully saturated rings. The molecule has 0 unspecified atom stereocenters. The van der Waals surface area contributed by atoms with Gasteiger partial charge in [0.05, 0.1) is 5.69 Å². The van der Waals surface area contributed by atoms with Gasteiger partial charge in [0, 0.05) is 12.7 Å². The topological polar surface area (TPSA) is 46.9 Å². The van der Waals surface area contributed by atoms with Crippen LogP contribution in [0.3, 0.4) is 0 Å². The molecule has 1 heterocycles. The van der Waals surface area contributed by atoms with E-state index >= 15 is 0 Å². The maximum atomic E-state index is 13.5. The smallest absolute Gasteiger partial charge is 0.271 e. The average Bonchev–Trinajstić information content (AvgIpc) is 3.07. The predicted octanol–water partition coefficient (Wildman–Crippen LogP) is 3.12. The van der Waals surface area contributed by atoms with E-state index < -0.39 is 0 Å². The molecule has 122 valence electrons. The molecule has 0 radical (unpaired) electrons. The van der Waals surface area contributed by atoms with E-state index in [1.165, 1.54) is 22.9 Å². The van der Waals surface area contributed by atoms with E-state index in [1.54, 1.807) is 42.6 Å². The van der Waals surface area contributed by atoms with Crippen molar-refractivity contribution in [2.75, 3.05) is 6.54 Å². The zero-order valence-electron chi connectivity index (χ0n) is 12.7. The molecule has 3 aromatic rings. The van der Waals surface area contributed by atoms with Crippen LogP contribution in [0.25, 0.3) is 5.69 Å². The summed E-state index contributed by atoms with van der Waals surface area (Å²) in [6.07, 6.45) is 2.02. The predicted molar refractivity (Wildman–Crippen MR) is 86.0 cm³/mol. The second kappa shape index (κ2) is 7.04. The van der Waals surface area contributed by atoms with E-state index in [2.05, 4.69) is 10.4 Å². The first-order valence-corrected chi connectivity index (χ1v) is 7.47. The van der Waals surface area contributed by atoms with E-state index in [9.17, 15) is 13.6 Å².